The smallest absolute Gasteiger partial charge is 0.225 e. The Bertz CT molecular complexity index is 410. The Morgan fingerprint density at radius 2 is 2.00 bits per heavy atom. The minimum atomic E-state index is 0. The van der Waals surface area contributed by atoms with Crippen molar-refractivity contribution in [1.82, 2.24) is 4.90 Å². The van der Waals surface area contributed by atoms with Crippen molar-refractivity contribution in [2.45, 2.75) is 32.2 Å². The van der Waals surface area contributed by atoms with Crippen molar-refractivity contribution in [2.24, 2.45) is 11.7 Å². The number of hydrogen-bond acceptors (Lipinski definition) is 2. The topological polar surface area (TPSA) is 46.3 Å². The van der Waals surface area contributed by atoms with Crippen molar-refractivity contribution >= 4 is 18.3 Å². The number of nitrogens with two attached hydrogens (primary N) is 1. The normalized spacial score (nSPS) is 23.8. The van der Waals surface area contributed by atoms with Crippen molar-refractivity contribution in [1.29, 1.82) is 0 Å². The molecule has 4 heteroatoms. The summed E-state index contributed by atoms with van der Waals surface area (Å²) >= 11 is 0. The molecule has 0 saturated carbocycles. The molecule has 3 atom stereocenters. The zero-order valence-electron chi connectivity index (χ0n) is 11.6. The second-order valence-corrected chi connectivity index (χ2v) is 5.23. The first kappa shape index (κ1) is 16.0. The van der Waals surface area contributed by atoms with E-state index >= 15 is 0 Å². The van der Waals surface area contributed by atoms with Crippen LogP contribution in [0.5, 0.6) is 0 Å². The van der Waals surface area contributed by atoms with Crippen LogP contribution in [0.15, 0.2) is 30.3 Å². The lowest BCUT2D eigenvalue weighted by atomic mass is 9.95. The molecule has 1 amide bonds. The predicted molar refractivity (Wildman–Crippen MR) is 80.4 cm³/mol. The van der Waals surface area contributed by atoms with Crippen LogP contribution in [0.1, 0.15) is 31.7 Å². The Morgan fingerprint density at radius 1 is 1.37 bits per heavy atom. The van der Waals surface area contributed by atoms with Crippen LogP contribution >= 0.6 is 12.4 Å². The van der Waals surface area contributed by atoms with Gasteiger partial charge in [0.25, 0.3) is 0 Å². The van der Waals surface area contributed by atoms with Gasteiger partial charge in [-0.1, -0.05) is 44.2 Å². The van der Waals surface area contributed by atoms with E-state index in [1.54, 1.807) is 0 Å². The van der Waals surface area contributed by atoms with Gasteiger partial charge >= 0.3 is 0 Å². The van der Waals surface area contributed by atoms with Crippen LogP contribution < -0.4 is 5.73 Å². The maximum atomic E-state index is 12.2. The fourth-order valence-electron chi connectivity index (χ4n) is 2.55. The van der Waals surface area contributed by atoms with E-state index in [9.17, 15) is 4.79 Å². The zero-order valence-corrected chi connectivity index (χ0v) is 12.4. The molecule has 19 heavy (non-hydrogen) atoms. The first-order valence-corrected chi connectivity index (χ1v) is 6.72. The SMILES string of the molecule is CCC(C)C(=O)N1C[C@@H](N)[C@H](c2ccccc2)C1.Cl. The van der Waals surface area contributed by atoms with E-state index in [4.69, 9.17) is 5.73 Å². The third-order valence-electron chi connectivity index (χ3n) is 3.94. The van der Waals surface area contributed by atoms with Crippen molar-refractivity contribution in [3.05, 3.63) is 35.9 Å². The minimum Gasteiger partial charge on any atom is -0.340 e. The fraction of sp³-hybridized carbons (Fsp3) is 0.533. The number of hydrogen-bond donors (Lipinski definition) is 1. The van der Waals surface area contributed by atoms with E-state index in [0.717, 1.165) is 13.0 Å². The largest absolute Gasteiger partial charge is 0.340 e. The van der Waals surface area contributed by atoms with Gasteiger partial charge in [0.15, 0.2) is 0 Å². The summed E-state index contributed by atoms with van der Waals surface area (Å²) in [4.78, 5) is 14.1. The highest BCUT2D eigenvalue weighted by molar-refractivity contribution is 5.85. The summed E-state index contributed by atoms with van der Waals surface area (Å²) in [5.74, 6) is 0.623. The number of carbonyl (C=O) groups excluding carboxylic acids is 1. The molecular formula is C15H23ClN2O. The summed E-state index contributed by atoms with van der Waals surface area (Å²) in [6, 6.07) is 10.3. The van der Waals surface area contributed by atoms with Gasteiger partial charge in [0, 0.05) is 31.0 Å². The van der Waals surface area contributed by atoms with Gasteiger partial charge in [0.1, 0.15) is 0 Å². The summed E-state index contributed by atoms with van der Waals surface area (Å²) in [6.45, 7) is 5.48. The third kappa shape index (κ3) is 3.48. The predicted octanol–water partition coefficient (Wildman–Crippen LogP) is 2.41. The highest BCUT2D eigenvalue weighted by Gasteiger charge is 2.34. The second-order valence-electron chi connectivity index (χ2n) is 5.23. The molecule has 0 aromatic heterocycles. The van der Waals surface area contributed by atoms with Crippen LogP contribution in [0.25, 0.3) is 0 Å². The Labute approximate surface area is 121 Å². The highest BCUT2D eigenvalue weighted by atomic mass is 35.5. The average Bonchev–Trinajstić information content (AvgIpc) is 2.80. The molecule has 1 aliphatic rings. The average molecular weight is 283 g/mol. The van der Waals surface area contributed by atoms with E-state index in [2.05, 4.69) is 12.1 Å². The van der Waals surface area contributed by atoms with E-state index in [0.29, 0.717) is 6.54 Å². The van der Waals surface area contributed by atoms with E-state index < -0.39 is 0 Å². The number of carbonyl (C=O) groups is 1. The molecule has 1 aliphatic heterocycles. The van der Waals surface area contributed by atoms with E-state index in [-0.39, 0.29) is 36.2 Å². The summed E-state index contributed by atoms with van der Waals surface area (Å²) in [6.07, 6.45) is 0.889. The van der Waals surface area contributed by atoms with Gasteiger partial charge < -0.3 is 10.6 Å². The van der Waals surface area contributed by atoms with E-state index in [1.807, 2.05) is 36.9 Å². The van der Waals surface area contributed by atoms with Gasteiger partial charge in [-0.05, 0) is 12.0 Å². The van der Waals surface area contributed by atoms with Crippen molar-refractivity contribution in [3.63, 3.8) is 0 Å². The number of halogens is 1. The van der Waals surface area contributed by atoms with Crippen LogP contribution in [0.4, 0.5) is 0 Å². The fourth-order valence-corrected chi connectivity index (χ4v) is 2.55. The molecule has 0 spiro atoms. The zero-order chi connectivity index (χ0) is 13.1. The highest BCUT2D eigenvalue weighted by Crippen LogP contribution is 2.27. The van der Waals surface area contributed by atoms with Gasteiger partial charge in [0.2, 0.25) is 5.91 Å². The van der Waals surface area contributed by atoms with Gasteiger partial charge in [-0.2, -0.15) is 0 Å². The Balaban J connectivity index is 0.00000180. The Kier molecular flexibility index (Phi) is 5.83. The number of nitrogens with zero attached hydrogens (tertiary/aromatic N) is 1. The van der Waals surface area contributed by atoms with Crippen molar-refractivity contribution in [3.8, 4) is 0 Å². The van der Waals surface area contributed by atoms with Gasteiger partial charge in [0.05, 0.1) is 0 Å². The second kappa shape index (κ2) is 6.92. The molecular weight excluding hydrogens is 260 g/mol. The molecule has 3 nitrogen and oxygen atoms in total. The van der Waals surface area contributed by atoms with Crippen molar-refractivity contribution in [2.75, 3.05) is 13.1 Å². The first-order chi connectivity index (χ1) is 8.63. The minimum absolute atomic E-state index is 0. The lowest BCUT2D eigenvalue weighted by Gasteiger charge is -2.20. The Hall–Kier alpha value is -1.06. The first-order valence-electron chi connectivity index (χ1n) is 6.72. The summed E-state index contributed by atoms with van der Waals surface area (Å²) in [5.41, 5.74) is 7.43. The summed E-state index contributed by atoms with van der Waals surface area (Å²) in [5, 5.41) is 0. The number of benzene rings is 1. The molecule has 1 heterocycles. The molecule has 1 unspecified atom stereocenters. The number of rotatable bonds is 3. The van der Waals surface area contributed by atoms with Gasteiger partial charge in [-0.3, -0.25) is 4.79 Å². The molecule has 1 saturated heterocycles. The molecule has 0 aliphatic carbocycles. The lowest BCUT2D eigenvalue weighted by Crippen LogP contribution is -2.35. The molecule has 2 N–H and O–H groups in total. The molecule has 1 aromatic carbocycles. The molecule has 0 radical (unpaired) electrons. The molecule has 1 aromatic rings. The standard InChI is InChI=1S/C15H22N2O.ClH/c1-3-11(2)15(18)17-9-13(14(16)10-17)12-7-5-4-6-8-12;/h4-8,11,13-14H,3,9-10,16H2,1-2H3;1H/t11?,13-,14+;/m0./s1. The third-order valence-corrected chi connectivity index (χ3v) is 3.94. The number of likely N-dealkylation sites (tertiary alicyclic amines) is 1. The maximum Gasteiger partial charge on any atom is 0.225 e. The molecule has 1 fully saturated rings. The van der Waals surface area contributed by atoms with Crippen LogP contribution in [-0.2, 0) is 4.79 Å². The number of amides is 1. The molecule has 106 valence electrons. The van der Waals surface area contributed by atoms with Crippen LogP contribution in [0.3, 0.4) is 0 Å². The molecule has 0 bridgehead atoms. The molecule has 2 rings (SSSR count). The quantitative estimate of drug-likeness (QED) is 0.925. The maximum absolute atomic E-state index is 12.2. The van der Waals surface area contributed by atoms with Crippen molar-refractivity contribution < 1.29 is 4.79 Å². The Morgan fingerprint density at radius 3 is 2.58 bits per heavy atom. The van der Waals surface area contributed by atoms with Gasteiger partial charge in [-0.15, -0.1) is 12.4 Å². The van der Waals surface area contributed by atoms with Crippen LogP contribution in [0, 0.1) is 5.92 Å². The van der Waals surface area contributed by atoms with Crippen LogP contribution in [0.2, 0.25) is 0 Å². The lowest BCUT2D eigenvalue weighted by molar-refractivity contribution is -0.134. The van der Waals surface area contributed by atoms with Gasteiger partial charge in [-0.25, -0.2) is 0 Å². The van der Waals surface area contributed by atoms with E-state index in [1.165, 1.54) is 5.56 Å². The van der Waals surface area contributed by atoms with Crippen LogP contribution in [-0.4, -0.2) is 29.9 Å². The summed E-state index contributed by atoms with van der Waals surface area (Å²) in [7, 11) is 0. The monoisotopic (exact) mass is 282 g/mol. The summed E-state index contributed by atoms with van der Waals surface area (Å²) < 4.78 is 0.